The minimum atomic E-state index is -0.676. The van der Waals surface area contributed by atoms with E-state index in [0.717, 1.165) is 18.4 Å². The molecule has 0 aromatic heterocycles. The molecule has 4 aliphatic rings. The summed E-state index contributed by atoms with van der Waals surface area (Å²) in [5, 5.41) is 5.47. The van der Waals surface area contributed by atoms with Gasteiger partial charge < -0.3 is 10.6 Å². The number of imide groups is 1. The first-order chi connectivity index (χ1) is 12.5. The molecular formula is C20H23N3O3. The van der Waals surface area contributed by atoms with Crippen molar-refractivity contribution in [3.05, 3.63) is 42.0 Å². The van der Waals surface area contributed by atoms with Gasteiger partial charge in [-0.1, -0.05) is 24.3 Å². The van der Waals surface area contributed by atoms with E-state index in [0.29, 0.717) is 5.69 Å². The third-order valence-corrected chi connectivity index (χ3v) is 5.80. The molecule has 0 radical (unpaired) electrons. The molecule has 5 atom stereocenters. The number of carbonyl (C=O) groups excluding carboxylic acids is 3. The van der Waals surface area contributed by atoms with Crippen molar-refractivity contribution in [2.24, 2.45) is 23.7 Å². The van der Waals surface area contributed by atoms with Crippen LogP contribution in [0.3, 0.4) is 0 Å². The smallest absolute Gasteiger partial charge is 0.317 e. The first-order valence-corrected chi connectivity index (χ1v) is 9.15. The van der Waals surface area contributed by atoms with E-state index in [1.165, 1.54) is 4.90 Å². The van der Waals surface area contributed by atoms with E-state index in [1.807, 2.05) is 25.1 Å². The lowest BCUT2D eigenvalue weighted by atomic mass is 9.63. The van der Waals surface area contributed by atoms with Gasteiger partial charge in [-0.25, -0.2) is 4.79 Å². The molecule has 5 rings (SSSR count). The van der Waals surface area contributed by atoms with Gasteiger partial charge in [-0.05, 0) is 56.2 Å². The highest BCUT2D eigenvalue weighted by atomic mass is 16.2. The van der Waals surface area contributed by atoms with Crippen LogP contribution in [0.2, 0.25) is 0 Å². The fraction of sp³-hybridized carbons (Fsp3) is 0.450. The number of rotatable bonds is 3. The largest absolute Gasteiger partial charge is 0.320 e. The van der Waals surface area contributed by atoms with Crippen molar-refractivity contribution in [1.82, 2.24) is 10.2 Å². The molecule has 1 aromatic rings. The van der Waals surface area contributed by atoms with E-state index in [1.54, 1.807) is 13.0 Å². The second kappa shape index (κ2) is 6.27. The van der Waals surface area contributed by atoms with Gasteiger partial charge in [0.05, 0.1) is 11.8 Å². The first kappa shape index (κ1) is 16.8. The van der Waals surface area contributed by atoms with Crippen LogP contribution in [-0.4, -0.2) is 28.9 Å². The Morgan fingerprint density at radius 1 is 1.12 bits per heavy atom. The highest BCUT2D eigenvalue weighted by Gasteiger charge is 2.57. The van der Waals surface area contributed by atoms with Crippen LogP contribution in [0, 0.1) is 30.6 Å². The van der Waals surface area contributed by atoms with Gasteiger partial charge in [-0.3, -0.25) is 14.5 Å². The van der Waals surface area contributed by atoms with Crippen LogP contribution in [0.15, 0.2) is 36.4 Å². The Labute approximate surface area is 152 Å². The molecule has 2 fully saturated rings. The number of fused-ring (bicyclic) bond motifs is 1. The molecule has 1 aliphatic heterocycles. The van der Waals surface area contributed by atoms with Crippen molar-refractivity contribution in [3.63, 3.8) is 0 Å². The molecule has 1 aromatic carbocycles. The number of aryl methyl sites for hydroxylation is 1. The maximum atomic E-state index is 12.9. The Balaban J connectivity index is 1.45. The minimum absolute atomic E-state index is 0.151. The number of hydrogen-bond acceptors (Lipinski definition) is 3. The van der Waals surface area contributed by atoms with E-state index in [4.69, 9.17) is 0 Å². The van der Waals surface area contributed by atoms with Gasteiger partial charge in [0.2, 0.25) is 11.8 Å². The zero-order chi connectivity index (χ0) is 18.4. The monoisotopic (exact) mass is 353 g/mol. The zero-order valence-electron chi connectivity index (χ0n) is 14.9. The molecule has 136 valence electrons. The zero-order valence-corrected chi connectivity index (χ0v) is 14.9. The second-order valence-corrected chi connectivity index (χ2v) is 7.53. The van der Waals surface area contributed by atoms with Crippen molar-refractivity contribution < 1.29 is 14.4 Å². The quantitative estimate of drug-likeness (QED) is 0.648. The van der Waals surface area contributed by atoms with E-state index in [2.05, 4.69) is 22.8 Å². The Hall–Kier alpha value is -2.63. The van der Waals surface area contributed by atoms with Crippen LogP contribution in [0.4, 0.5) is 10.5 Å². The minimum Gasteiger partial charge on any atom is -0.317 e. The van der Waals surface area contributed by atoms with E-state index in [9.17, 15) is 14.4 Å². The molecule has 3 aliphatic carbocycles. The summed E-state index contributed by atoms with van der Waals surface area (Å²) in [5.41, 5.74) is 1.71. The number of carbonyl (C=O) groups is 3. The number of anilines is 1. The van der Waals surface area contributed by atoms with Crippen LogP contribution < -0.4 is 10.6 Å². The Kier molecular flexibility index (Phi) is 4.05. The highest BCUT2D eigenvalue weighted by Crippen LogP contribution is 2.49. The summed E-state index contributed by atoms with van der Waals surface area (Å²) in [6.07, 6.45) is 5.43. The van der Waals surface area contributed by atoms with Crippen LogP contribution >= 0.6 is 0 Å². The molecule has 1 saturated carbocycles. The number of benzene rings is 1. The predicted molar refractivity (Wildman–Crippen MR) is 97.0 cm³/mol. The molecule has 2 N–H and O–H groups in total. The molecule has 1 saturated heterocycles. The molecule has 4 amide bonds. The van der Waals surface area contributed by atoms with Gasteiger partial charge >= 0.3 is 6.03 Å². The third-order valence-electron chi connectivity index (χ3n) is 5.80. The molecule has 1 heterocycles. The van der Waals surface area contributed by atoms with E-state index >= 15 is 0 Å². The summed E-state index contributed by atoms with van der Waals surface area (Å²) in [4.78, 5) is 39.3. The van der Waals surface area contributed by atoms with Gasteiger partial charge in [0.25, 0.3) is 0 Å². The van der Waals surface area contributed by atoms with Crippen molar-refractivity contribution in [2.45, 2.75) is 32.9 Å². The van der Waals surface area contributed by atoms with Crippen LogP contribution in [0.25, 0.3) is 0 Å². The average molecular weight is 353 g/mol. The fourth-order valence-electron chi connectivity index (χ4n) is 4.62. The highest BCUT2D eigenvalue weighted by molar-refractivity contribution is 6.06. The van der Waals surface area contributed by atoms with Crippen molar-refractivity contribution >= 4 is 23.5 Å². The molecule has 6 heteroatoms. The Morgan fingerprint density at radius 2 is 1.73 bits per heavy atom. The second-order valence-electron chi connectivity index (χ2n) is 7.53. The standard InChI is InChI=1S/C20H23N3O3/c1-11-4-3-5-15(10-11)22-20(26)21-12(2)23-18(24)16-13-6-7-14(9-8-13)17(16)19(23)25/h3-7,10,12-14,16-17H,8-9H2,1-2H3,(H2,21,22,26)/t12-,13-,14-,16-,17+/m0/s1. The summed E-state index contributed by atoms with van der Waals surface area (Å²) in [5.74, 6) is -0.505. The molecule has 26 heavy (non-hydrogen) atoms. The number of likely N-dealkylation sites (tertiary alicyclic amines) is 1. The van der Waals surface area contributed by atoms with Crippen molar-refractivity contribution in [2.75, 3.05) is 5.32 Å². The van der Waals surface area contributed by atoms with Gasteiger partial charge in [0, 0.05) is 5.69 Å². The lowest BCUT2D eigenvalue weighted by Crippen LogP contribution is -2.50. The number of nitrogens with zero attached hydrogens (tertiary/aromatic N) is 1. The lowest BCUT2D eigenvalue weighted by Gasteiger charge is -2.38. The SMILES string of the molecule is Cc1cccc(NC(=O)N[C@H](C)N2C(=O)[C@@H]3[C@H](C2=O)[C@H]2C=C[C@H]3CC2)c1. The van der Waals surface area contributed by atoms with Gasteiger partial charge in [-0.2, -0.15) is 0 Å². The molecule has 0 spiro atoms. The van der Waals surface area contributed by atoms with Crippen LogP contribution in [0.1, 0.15) is 25.3 Å². The van der Waals surface area contributed by atoms with Gasteiger partial charge in [0.15, 0.2) is 0 Å². The number of amides is 4. The summed E-state index contributed by atoms with van der Waals surface area (Å²) >= 11 is 0. The van der Waals surface area contributed by atoms with Crippen LogP contribution in [0.5, 0.6) is 0 Å². The maximum absolute atomic E-state index is 12.9. The van der Waals surface area contributed by atoms with E-state index < -0.39 is 12.2 Å². The summed E-state index contributed by atoms with van der Waals surface area (Å²) in [6.45, 7) is 3.62. The Morgan fingerprint density at radius 3 is 2.27 bits per heavy atom. The predicted octanol–water partition coefficient (Wildman–Crippen LogP) is 2.66. The van der Waals surface area contributed by atoms with E-state index in [-0.39, 0.29) is 35.5 Å². The molecular weight excluding hydrogens is 330 g/mol. The van der Waals surface area contributed by atoms with Crippen LogP contribution in [-0.2, 0) is 9.59 Å². The topological polar surface area (TPSA) is 78.5 Å². The lowest BCUT2D eigenvalue weighted by molar-refractivity contribution is -0.142. The fourth-order valence-corrected chi connectivity index (χ4v) is 4.62. The molecule has 0 unspecified atom stereocenters. The van der Waals surface area contributed by atoms with Gasteiger partial charge in [-0.15, -0.1) is 0 Å². The Bertz CT molecular complexity index is 771. The normalized spacial score (nSPS) is 30.3. The third kappa shape index (κ3) is 2.69. The summed E-state index contributed by atoms with van der Waals surface area (Å²) < 4.78 is 0. The number of urea groups is 1. The number of allylic oxidation sites excluding steroid dienone is 2. The summed E-state index contributed by atoms with van der Waals surface area (Å²) in [7, 11) is 0. The molecule has 6 nitrogen and oxygen atoms in total. The summed E-state index contributed by atoms with van der Waals surface area (Å²) in [6, 6.07) is 7.02. The first-order valence-electron chi connectivity index (χ1n) is 9.15. The van der Waals surface area contributed by atoms with Crippen molar-refractivity contribution in [1.29, 1.82) is 0 Å². The number of nitrogens with one attached hydrogen (secondary N) is 2. The number of hydrogen-bond donors (Lipinski definition) is 2. The maximum Gasteiger partial charge on any atom is 0.320 e. The molecule has 2 bridgehead atoms. The van der Waals surface area contributed by atoms with Crippen molar-refractivity contribution in [3.8, 4) is 0 Å². The average Bonchev–Trinajstić information content (AvgIpc) is 2.89. The van der Waals surface area contributed by atoms with Gasteiger partial charge in [0.1, 0.15) is 6.17 Å².